The molecule has 6 heteroatoms. The largest absolute Gasteiger partial charge is 4.00 e. The van der Waals surface area contributed by atoms with Crippen LogP contribution in [0, 0.1) is 11.5 Å². The summed E-state index contributed by atoms with van der Waals surface area (Å²) in [7, 11) is 1.41. The third-order valence-electron chi connectivity index (χ3n) is 2.96. The minimum Gasteiger partial charge on any atom is -1.00 e. The molecule has 0 fully saturated rings. The quantitative estimate of drug-likeness (QED) is 0.282. The maximum Gasteiger partial charge on any atom is 4.00 e. The SMILES string of the molecule is COC(=O)CC1=[C-]C(C)(C)C(C)=C1C.[Cl-].[Cl-].[Cl-].[Ti+4]. The van der Waals surface area contributed by atoms with E-state index < -0.39 is 0 Å². The van der Waals surface area contributed by atoms with Crippen LogP contribution in [0.15, 0.2) is 16.7 Å². The fourth-order valence-electron chi connectivity index (χ4n) is 1.65. The van der Waals surface area contributed by atoms with E-state index in [0.717, 1.165) is 5.57 Å². The van der Waals surface area contributed by atoms with Gasteiger partial charge in [-0.2, -0.15) is 11.1 Å². The third kappa shape index (κ3) is 6.12. The third-order valence-corrected chi connectivity index (χ3v) is 2.96. The van der Waals surface area contributed by atoms with Crippen molar-refractivity contribution in [3.05, 3.63) is 22.8 Å². The molecule has 0 atom stereocenters. The summed E-state index contributed by atoms with van der Waals surface area (Å²) < 4.78 is 4.64. The van der Waals surface area contributed by atoms with E-state index >= 15 is 0 Å². The minimum atomic E-state index is -0.197. The number of halogens is 3. The Labute approximate surface area is 143 Å². The van der Waals surface area contributed by atoms with Gasteiger partial charge in [0, 0.05) is 6.42 Å². The van der Waals surface area contributed by atoms with Crippen LogP contribution in [0.5, 0.6) is 0 Å². The normalized spacial score (nSPS) is 15.3. The van der Waals surface area contributed by atoms with Gasteiger partial charge in [0.15, 0.2) is 0 Å². The zero-order valence-corrected chi connectivity index (χ0v) is 15.0. The molecule has 1 aliphatic carbocycles. The Morgan fingerprint density at radius 2 is 1.67 bits per heavy atom. The molecule has 1 aliphatic rings. The van der Waals surface area contributed by atoms with Crippen molar-refractivity contribution in [3.8, 4) is 0 Å². The first kappa shape index (κ1) is 27.0. The molecule has 1 rings (SSSR count). The number of methoxy groups -OCH3 is 1. The van der Waals surface area contributed by atoms with Crippen molar-refractivity contribution >= 4 is 5.97 Å². The molecule has 2 nitrogen and oxygen atoms in total. The topological polar surface area (TPSA) is 26.3 Å². The maximum absolute atomic E-state index is 11.1. The number of carbonyl (C=O) groups excluding carboxylic acids is 1. The summed E-state index contributed by atoms with van der Waals surface area (Å²) in [6.07, 6.45) is 3.67. The van der Waals surface area contributed by atoms with Crippen molar-refractivity contribution in [1.82, 2.24) is 0 Å². The molecule has 0 saturated heterocycles. The van der Waals surface area contributed by atoms with Crippen LogP contribution in [0.2, 0.25) is 0 Å². The molecule has 18 heavy (non-hydrogen) atoms. The van der Waals surface area contributed by atoms with Crippen molar-refractivity contribution in [1.29, 1.82) is 0 Å². The van der Waals surface area contributed by atoms with Crippen molar-refractivity contribution < 1.29 is 68.5 Å². The number of esters is 1. The summed E-state index contributed by atoms with van der Waals surface area (Å²) in [5, 5.41) is 0. The fourth-order valence-corrected chi connectivity index (χ4v) is 1.65. The number of hydrogen-bond acceptors (Lipinski definition) is 2. The van der Waals surface area contributed by atoms with Gasteiger partial charge < -0.3 is 42.0 Å². The van der Waals surface area contributed by atoms with E-state index in [1.54, 1.807) is 0 Å². The Morgan fingerprint density at radius 1 is 1.22 bits per heavy atom. The van der Waals surface area contributed by atoms with Gasteiger partial charge in [0.25, 0.3) is 0 Å². The Balaban J connectivity index is -0.000000245. The van der Waals surface area contributed by atoms with Crippen molar-refractivity contribution in [3.63, 3.8) is 0 Å². The molecule has 0 aromatic rings. The van der Waals surface area contributed by atoms with Gasteiger partial charge in [-0.1, -0.05) is 26.2 Å². The monoisotopic (exact) mass is 346 g/mol. The smallest absolute Gasteiger partial charge is 1.00 e. The molecule has 0 spiro atoms. The summed E-state index contributed by atoms with van der Waals surface area (Å²) in [5.41, 5.74) is 3.42. The van der Waals surface area contributed by atoms with Gasteiger partial charge in [0.05, 0.1) is 7.11 Å². The Morgan fingerprint density at radius 3 is 1.94 bits per heavy atom. The van der Waals surface area contributed by atoms with Crippen LogP contribution in [-0.2, 0) is 31.2 Å². The Kier molecular flexibility index (Phi) is 15.5. The molecule has 0 amide bonds. The van der Waals surface area contributed by atoms with Gasteiger partial charge in [0.2, 0.25) is 0 Å². The van der Waals surface area contributed by atoms with E-state index in [2.05, 4.69) is 31.6 Å². The van der Waals surface area contributed by atoms with E-state index in [-0.39, 0.29) is 70.3 Å². The van der Waals surface area contributed by atoms with Crippen molar-refractivity contribution in [2.24, 2.45) is 5.41 Å². The van der Waals surface area contributed by atoms with Crippen LogP contribution in [0.3, 0.4) is 0 Å². The average Bonchev–Trinajstić information content (AvgIpc) is 2.30. The summed E-state index contributed by atoms with van der Waals surface area (Å²) in [6.45, 7) is 8.34. The molecule has 0 aromatic carbocycles. The molecular weight excluding hydrogens is 330 g/mol. The van der Waals surface area contributed by atoms with E-state index in [1.165, 1.54) is 18.3 Å². The molecular formula is C12H17Cl3O2Ti. The molecule has 102 valence electrons. The maximum atomic E-state index is 11.1. The van der Waals surface area contributed by atoms with Crippen LogP contribution < -0.4 is 37.2 Å². The van der Waals surface area contributed by atoms with Crippen LogP contribution in [0.4, 0.5) is 0 Å². The van der Waals surface area contributed by atoms with Gasteiger partial charge in [0.1, 0.15) is 0 Å². The molecule has 0 unspecified atom stereocenters. The van der Waals surface area contributed by atoms with Gasteiger partial charge >= 0.3 is 27.7 Å². The molecule has 0 radical (unpaired) electrons. The summed E-state index contributed by atoms with van der Waals surface area (Å²) in [6, 6.07) is 0. The van der Waals surface area contributed by atoms with E-state index in [0.29, 0.717) is 6.42 Å². The average molecular weight is 347 g/mol. The van der Waals surface area contributed by atoms with Crippen molar-refractivity contribution in [2.75, 3.05) is 7.11 Å². The van der Waals surface area contributed by atoms with Gasteiger partial charge in [-0.05, 0) is 0 Å². The van der Waals surface area contributed by atoms with Crippen molar-refractivity contribution in [2.45, 2.75) is 34.1 Å². The number of rotatable bonds is 2. The number of hydrogen-bond donors (Lipinski definition) is 0. The number of ether oxygens (including phenoxy) is 1. The first-order chi connectivity index (χ1) is 6.38. The summed E-state index contributed by atoms with van der Waals surface area (Å²) in [4.78, 5) is 11.1. The molecule has 0 N–H and O–H groups in total. The molecule has 0 bridgehead atoms. The van der Waals surface area contributed by atoms with Crippen LogP contribution in [-0.4, -0.2) is 13.1 Å². The van der Waals surface area contributed by atoms with Crippen LogP contribution >= 0.6 is 0 Å². The minimum absolute atomic E-state index is 0. The van der Waals surface area contributed by atoms with E-state index in [4.69, 9.17) is 0 Å². The fraction of sp³-hybridized carbons (Fsp3) is 0.583. The van der Waals surface area contributed by atoms with Crippen LogP contribution in [0.25, 0.3) is 0 Å². The van der Waals surface area contributed by atoms with Gasteiger partial charge in [-0.15, -0.1) is 6.92 Å². The van der Waals surface area contributed by atoms with Gasteiger partial charge in [-0.25, -0.2) is 5.57 Å². The zero-order valence-electron chi connectivity index (χ0n) is 11.2. The molecule has 0 saturated carbocycles. The molecule has 0 aromatic heterocycles. The first-order valence-electron chi connectivity index (χ1n) is 4.77. The Hall–Kier alpha value is 0.534. The van der Waals surface area contributed by atoms with E-state index in [1.807, 2.05) is 6.92 Å². The second kappa shape index (κ2) is 10.3. The summed E-state index contributed by atoms with van der Waals surface area (Å²) in [5.74, 6) is -0.197. The summed E-state index contributed by atoms with van der Waals surface area (Å²) >= 11 is 0. The van der Waals surface area contributed by atoms with Crippen LogP contribution in [0.1, 0.15) is 34.1 Å². The first-order valence-corrected chi connectivity index (χ1v) is 4.77. The predicted octanol–water partition coefficient (Wildman–Crippen LogP) is -6.34. The second-order valence-corrected chi connectivity index (χ2v) is 4.23. The standard InChI is InChI=1S/C12H17O2.3ClH.Ti/c1-8-9(2)12(3,4)7-10(8)6-11(13)14-5;;;;/h6H2,1-5H3;3*1H;/q-1;;;;+4/p-3. The van der Waals surface area contributed by atoms with Gasteiger partial charge in [-0.3, -0.25) is 10.9 Å². The van der Waals surface area contributed by atoms with E-state index in [9.17, 15) is 4.79 Å². The molecule has 0 heterocycles. The second-order valence-electron chi connectivity index (χ2n) is 4.23. The zero-order chi connectivity index (χ0) is 10.9. The molecule has 0 aliphatic heterocycles. The Bertz CT molecular complexity index is 336. The predicted molar refractivity (Wildman–Crippen MR) is 55.5 cm³/mol. The number of carbonyl (C=O) groups is 1. The number of allylic oxidation sites excluding steroid dienone is 3.